The first-order valence-electron chi connectivity index (χ1n) is 3.22. The van der Waals surface area contributed by atoms with Crippen LogP contribution in [0.15, 0.2) is 0 Å². The molecule has 1 aliphatic heterocycles. The van der Waals surface area contributed by atoms with Gasteiger partial charge in [0.15, 0.2) is 0 Å². The quantitative estimate of drug-likeness (QED) is 0.287. The summed E-state index contributed by atoms with van der Waals surface area (Å²) < 4.78 is 6.20. The Balaban J connectivity index is 0.000000236. The molecule has 1 rings (SSSR count). The average Bonchev–Trinajstić information content (AvgIpc) is 2.19. The van der Waals surface area contributed by atoms with E-state index in [-0.39, 0.29) is 0 Å². The molecule has 0 saturated carbocycles. The van der Waals surface area contributed by atoms with Gasteiger partial charge in [-0.05, 0) is 4.91 Å². The van der Waals surface area contributed by atoms with Crippen LogP contribution in [0, 0.1) is 0 Å². The van der Waals surface area contributed by atoms with Crippen molar-refractivity contribution in [1.29, 1.82) is 0 Å². The van der Waals surface area contributed by atoms with E-state index in [1.54, 1.807) is 0 Å². The molecule has 0 radical (unpaired) electrons. The molecule has 0 spiro atoms. The van der Waals surface area contributed by atoms with Crippen LogP contribution in [0.1, 0.15) is 1.37 Å². The van der Waals surface area contributed by atoms with Gasteiger partial charge in [0.25, 0.3) is 0 Å². The number of thiol groups is 2. The first-order valence-corrected chi connectivity index (χ1v) is 7.49. The summed E-state index contributed by atoms with van der Waals surface area (Å²) >= 11 is 11.5. The molecule has 1 saturated heterocycles. The molecular formula is C5H11IS2Se. The third-order valence-electron chi connectivity index (χ3n) is 1.02. The Morgan fingerprint density at radius 3 is 2.00 bits per heavy atom. The Morgan fingerprint density at radius 2 is 1.89 bits per heavy atom. The summed E-state index contributed by atoms with van der Waals surface area (Å²) in [5.74, 6) is 0. The van der Waals surface area contributed by atoms with Gasteiger partial charge in [-0.1, -0.05) is 22.6 Å². The monoisotopic (exact) mass is 343 g/mol. The van der Waals surface area contributed by atoms with Crippen LogP contribution in [0.4, 0.5) is 0 Å². The molecule has 0 nitrogen and oxygen atoms in total. The van der Waals surface area contributed by atoms with Gasteiger partial charge in [0.1, 0.15) is 0 Å². The Kier molecular flexibility index (Phi) is 6.68. The fourth-order valence-electron chi connectivity index (χ4n) is 0.532. The molecule has 56 valence electrons. The number of rotatable bonds is 0. The summed E-state index contributed by atoms with van der Waals surface area (Å²) in [5, 5.41) is 3.85. The van der Waals surface area contributed by atoms with Crippen molar-refractivity contribution in [3.8, 4) is 0 Å². The minimum absolute atomic E-state index is 0.470. The smallest absolute Gasteiger partial charge is 0.0341 e. The number of hydrogen-bond acceptors (Lipinski definition) is 2. The van der Waals surface area contributed by atoms with Crippen LogP contribution in [0.25, 0.3) is 0 Å². The molecule has 0 aromatic heterocycles. The Morgan fingerprint density at radius 1 is 1.56 bits per heavy atom. The van der Waals surface area contributed by atoms with Gasteiger partial charge in [-0.3, -0.25) is 0 Å². The second-order valence-corrected chi connectivity index (χ2v) is 5.25. The second kappa shape index (κ2) is 6.65. The first kappa shape index (κ1) is 9.04. The van der Waals surface area contributed by atoms with Crippen LogP contribution >= 0.6 is 47.8 Å². The minimum atomic E-state index is 0.470. The number of alkyl halides is 1. The van der Waals surface area contributed by atoms with Crippen LogP contribution in [-0.4, -0.2) is 30.4 Å². The molecule has 1 fully saturated rings. The van der Waals surface area contributed by atoms with Crippen molar-refractivity contribution in [1.82, 2.24) is 0 Å². The van der Waals surface area contributed by atoms with Gasteiger partial charge >= 0.3 is 61.4 Å². The number of halogens is 1. The maximum Gasteiger partial charge on any atom is 0.0341 e. The summed E-state index contributed by atoms with van der Waals surface area (Å²) in [5.41, 5.74) is 0. The van der Waals surface area contributed by atoms with E-state index in [9.17, 15) is 0 Å². The molecule has 2 unspecified atom stereocenters. The standard InChI is InChI=1S/C4H8S2Se.CH3I/c5-3-1-7-2-4(3)6;1-2/h3-6H,1-2H2;1H3/i;1D. The van der Waals surface area contributed by atoms with Crippen LogP contribution in [0.2, 0.25) is 10.6 Å². The van der Waals surface area contributed by atoms with Gasteiger partial charge in [-0.2, -0.15) is 0 Å². The first-order chi connectivity index (χ1) is 4.72. The zero-order valence-corrected chi connectivity index (χ0v) is 10.6. The van der Waals surface area contributed by atoms with Crippen LogP contribution in [-0.2, 0) is 0 Å². The molecule has 9 heavy (non-hydrogen) atoms. The fraction of sp³-hybridized carbons (Fsp3) is 1.00. The van der Waals surface area contributed by atoms with Gasteiger partial charge < -0.3 is 0 Å². The van der Waals surface area contributed by atoms with E-state index in [2.05, 4.69) is 25.3 Å². The van der Waals surface area contributed by atoms with E-state index in [4.69, 9.17) is 1.37 Å². The normalized spacial score (nSPS) is 34.8. The van der Waals surface area contributed by atoms with E-state index in [0.717, 1.165) is 15.0 Å². The SMILES string of the molecule is SC1C[Se]CC1S.[2H]CI. The van der Waals surface area contributed by atoms with E-state index in [1.165, 1.54) is 10.6 Å². The Bertz CT molecular complexity index is 78.0. The zero-order valence-electron chi connectivity index (χ0n) is 5.96. The molecule has 0 aromatic carbocycles. The third kappa shape index (κ3) is 4.40. The summed E-state index contributed by atoms with van der Waals surface area (Å²) in [6.45, 7) is 0. The molecule has 0 amide bonds. The van der Waals surface area contributed by atoms with E-state index < -0.39 is 0 Å². The van der Waals surface area contributed by atoms with E-state index in [1.807, 2.05) is 22.6 Å². The average molecular weight is 342 g/mol. The molecule has 0 aromatic rings. The predicted octanol–water partition coefficient (Wildman–Crippen LogP) is 2.19. The largest absolute Gasteiger partial charge is 0.0901 e. The van der Waals surface area contributed by atoms with E-state index >= 15 is 0 Å². The molecule has 4 heteroatoms. The predicted molar refractivity (Wildman–Crippen MR) is 60.9 cm³/mol. The molecule has 1 heterocycles. The topological polar surface area (TPSA) is 0 Å². The van der Waals surface area contributed by atoms with Crippen molar-refractivity contribution < 1.29 is 1.37 Å². The summed E-state index contributed by atoms with van der Waals surface area (Å²) in [6, 6.07) is 0. The van der Waals surface area contributed by atoms with Crippen molar-refractivity contribution in [3.05, 3.63) is 0 Å². The van der Waals surface area contributed by atoms with Crippen LogP contribution in [0.3, 0.4) is 0 Å². The maximum atomic E-state index is 6.20. The van der Waals surface area contributed by atoms with Crippen molar-refractivity contribution >= 4 is 62.8 Å². The molecule has 0 aliphatic carbocycles. The van der Waals surface area contributed by atoms with Crippen molar-refractivity contribution in [3.63, 3.8) is 0 Å². The summed E-state index contributed by atoms with van der Waals surface area (Å²) in [6.07, 6.45) is 0. The van der Waals surface area contributed by atoms with Crippen molar-refractivity contribution in [2.75, 3.05) is 4.91 Å². The molecule has 1 aliphatic rings. The van der Waals surface area contributed by atoms with Gasteiger partial charge in [-0.25, -0.2) is 0 Å². The van der Waals surface area contributed by atoms with Gasteiger partial charge in [-0.15, -0.1) is 0 Å². The fourth-order valence-corrected chi connectivity index (χ4v) is 4.75. The summed E-state index contributed by atoms with van der Waals surface area (Å²) in [4.78, 5) is 0.470. The Hall–Kier alpha value is 1.95. The van der Waals surface area contributed by atoms with Gasteiger partial charge in [0, 0.05) is 1.37 Å². The number of hydrogen-bond donors (Lipinski definition) is 2. The molecule has 2 atom stereocenters. The molecule has 0 bridgehead atoms. The van der Waals surface area contributed by atoms with Gasteiger partial charge in [0.05, 0.1) is 0 Å². The van der Waals surface area contributed by atoms with Crippen LogP contribution in [0.5, 0.6) is 0 Å². The zero-order chi connectivity index (χ0) is 7.98. The maximum absolute atomic E-state index is 6.20. The Labute approximate surface area is 89.5 Å². The third-order valence-corrected chi connectivity index (χ3v) is 5.95. The molecular weight excluding hydrogens is 330 g/mol. The second-order valence-electron chi connectivity index (χ2n) is 1.67. The van der Waals surface area contributed by atoms with Crippen molar-refractivity contribution in [2.24, 2.45) is 0 Å². The summed E-state index contributed by atoms with van der Waals surface area (Å²) in [7, 11) is 0. The van der Waals surface area contributed by atoms with E-state index in [0.29, 0.717) is 15.4 Å². The van der Waals surface area contributed by atoms with Crippen molar-refractivity contribution in [2.45, 2.75) is 21.1 Å². The molecule has 0 N–H and O–H groups in total. The minimum Gasteiger partial charge on any atom is -0.0901 e. The van der Waals surface area contributed by atoms with Gasteiger partial charge in [0.2, 0.25) is 0 Å². The van der Waals surface area contributed by atoms with Crippen LogP contribution < -0.4 is 0 Å².